The lowest BCUT2D eigenvalue weighted by molar-refractivity contribution is 0.663. The number of anilines is 3. The van der Waals surface area contributed by atoms with Crippen LogP contribution in [0.3, 0.4) is 0 Å². The zero-order chi connectivity index (χ0) is 28.3. The average molecular weight is 552 g/mol. The zero-order valence-electron chi connectivity index (χ0n) is 23.2. The second-order valence-electron chi connectivity index (χ2n) is 10.9. The molecule has 0 amide bonds. The van der Waals surface area contributed by atoms with E-state index in [0.29, 0.717) is 0 Å². The summed E-state index contributed by atoms with van der Waals surface area (Å²) < 4.78 is 13.1. The topological polar surface area (TPSA) is 29.5 Å². The maximum Gasteiger partial charge on any atom is 0.147 e. The van der Waals surface area contributed by atoms with Gasteiger partial charge in [0.1, 0.15) is 22.3 Å². The lowest BCUT2D eigenvalue weighted by Gasteiger charge is -2.27. The molecule has 0 aliphatic heterocycles. The molecule has 2 heterocycles. The maximum atomic E-state index is 6.62. The van der Waals surface area contributed by atoms with Crippen LogP contribution in [0, 0.1) is 0 Å². The molecule has 0 atom stereocenters. The molecule has 43 heavy (non-hydrogen) atoms. The van der Waals surface area contributed by atoms with E-state index in [1.165, 1.54) is 10.8 Å². The van der Waals surface area contributed by atoms with E-state index in [1.54, 1.807) is 0 Å². The van der Waals surface area contributed by atoms with E-state index in [4.69, 9.17) is 8.83 Å². The molecule has 0 saturated heterocycles. The van der Waals surface area contributed by atoms with E-state index in [2.05, 4.69) is 132 Å². The second kappa shape index (κ2) is 9.37. The highest BCUT2D eigenvalue weighted by atomic mass is 16.3. The van der Waals surface area contributed by atoms with Crippen LogP contribution in [0.25, 0.3) is 65.8 Å². The van der Waals surface area contributed by atoms with Gasteiger partial charge in [0.2, 0.25) is 0 Å². The third-order valence-electron chi connectivity index (χ3n) is 8.45. The van der Waals surface area contributed by atoms with Crippen LogP contribution in [0.2, 0.25) is 0 Å². The molecule has 9 aromatic rings. The van der Waals surface area contributed by atoms with Crippen LogP contribution in [0.4, 0.5) is 17.1 Å². The van der Waals surface area contributed by atoms with Crippen molar-refractivity contribution >= 4 is 71.7 Å². The first kappa shape index (κ1) is 23.9. The average Bonchev–Trinajstić information content (AvgIpc) is 3.64. The highest BCUT2D eigenvalue weighted by Crippen LogP contribution is 2.47. The van der Waals surface area contributed by atoms with Gasteiger partial charge in [-0.2, -0.15) is 0 Å². The Morgan fingerprint density at radius 1 is 0.372 bits per heavy atom. The molecule has 0 spiro atoms. The van der Waals surface area contributed by atoms with Gasteiger partial charge in [0, 0.05) is 32.9 Å². The Hall–Kier alpha value is -5.80. The molecule has 0 aliphatic rings. The van der Waals surface area contributed by atoms with E-state index >= 15 is 0 Å². The van der Waals surface area contributed by atoms with Crippen molar-refractivity contribution in [2.75, 3.05) is 4.90 Å². The number of benzene rings is 7. The monoisotopic (exact) mass is 551 g/mol. The van der Waals surface area contributed by atoms with Crippen molar-refractivity contribution in [1.29, 1.82) is 0 Å². The molecular formula is C40H25NO2. The molecular weight excluding hydrogens is 526 g/mol. The number of hydrogen-bond acceptors (Lipinski definition) is 3. The van der Waals surface area contributed by atoms with Gasteiger partial charge in [-0.3, -0.25) is 0 Å². The van der Waals surface area contributed by atoms with Crippen molar-refractivity contribution < 1.29 is 8.83 Å². The van der Waals surface area contributed by atoms with Crippen LogP contribution >= 0.6 is 0 Å². The highest BCUT2D eigenvalue weighted by molar-refractivity contribution is 6.27. The number of hydrogen-bond donors (Lipinski definition) is 0. The number of rotatable bonds is 4. The Kier molecular flexibility index (Phi) is 5.20. The van der Waals surface area contributed by atoms with E-state index in [9.17, 15) is 0 Å². The molecule has 2 aromatic heterocycles. The first-order valence-electron chi connectivity index (χ1n) is 14.5. The van der Waals surface area contributed by atoms with E-state index in [0.717, 1.165) is 72.1 Å². The predicted octanol–water partition coefficient (Wildman–Crippen LogP) is 11.8. The van der Waals surface area contributed by atoms with Crippen LogP contribution in [-0.2, 0) is 0 Å². The molecule has 0 aliphatic carbocycles. The summed E-state index contributed by atoms with van der Waals surface area (Å²) in [5, 5.41) is 6.62. The lowest BCUT2D eigenvalue weighted by atomic mass is 9.92. The number of para-hydroxylation sites is 4. The molecule has 0 fully saturated rings. The number of nitrogens with zero attached hydrogens (tertiary/aromatic N) is 1. The Balaban J connectivity index is 1.37. The van der Waals surface area contributed by atoms with Gasteiger partial charge >= 0.3 is 0 Å². The molecule has 0 saturated carbocycles. The van der Waals surface area contributed by atoms with E-state index < -0.39 is 0 Å². The molecule has 9 rings (SSSR count). The molecule has 0 N–H and O–H groups in total. The summed E-state index contributed by atoms with van der Waals surface area (Å²) in [6.07, 6.45) is 0. The van der Waals surface area contributed by atoms with Crippen LogP contribution in [0.5, 0.6) is 0 Å². The van der Waals surface area contributed by atoms with Crippen LogP contribution in [-0.4, -0.2) is 0 Å². The zero-order valence-corrected chi connectivity index (χ0v) is 23.2. The first-order valence-corrected chi connectivity index (χ1v) is 14.5. The quantitative estimate of drug-likeness (QED) is 0.218. The van der Waals surface area contributed by atoms with Crippen LogP contribution in [0.15, 0.2) is 160 Å². The van der Waals surface area contributed by atoms with Crippen LogP contribution < -0.4 is 4.90 Å². The highest BCUT2D eigenvalue weighted by Gasteiger charge is 2.23. The van der Waals surface area contributed by atoms with Crippen molar-refractivity contribution in [1.82, 2.24) is 0 Å². The largest absolute Gasteiger partial charge is 0.456 e. The van der Waals surface area contributed by atoms with Gasteiger partial charge < -0.3 is 13.7 Å². The minimum Gasteiger partial charge on any atom is -0.456 e. The van der Waals surface area contributed by atoms with Gasteiger partial charge in [-0.25, -0.2) is 0 Å². The van der Waals surface area contributed by atoms with Crippen molar-refractivity contribution in [3.63, 3.8) is 0 Å². The third kappa shape index (κ3) is 3.62. The van der Waals surface area contributed by atoms with Gasteiger partial charge in [-0.1, -0.05) is 103 Å². The van der Waals surface area contributed by atoms with Gasteiger partial charge in [0.15, 0.2) is 0 Å². The predicted molar refractivity (Wildman–Crippen MR) is 179 cm³/mol. The fraction of sp³-hybridized carbons (Fsp3) is 0. The summed E-state index contributed by atoms with van der Waals surface area (Å²) in [5.74, 6) is 0. The first-order chi connectivity index (χ1) is 21.3. The van der Waals surface area contributed by atoms with Gasteiger partial charge in [0.25, 0.3) is 0 Å². The van der Waals surface area contributed by atoms with Crippen molar-refractivity contribution in [3.05, 3.63) is 152 Å². The fourth-order valence-corrected chi connectivity index (χ4v) is 6.60. The van der Waals surface area contributed by atoms with Crippen LogP contribution in [0.1, 0.15) is 0 Å². The Bertz CT molecular complexity index is 2410. The summed E-state index contributed by atoms with van der Waals surface area (Å²) in [4.78, 5) is 2.33. The summed E-state index contributed by atoms with van der Waals surface area (Å²) >= 11 is 0. The van der Waals surface area contributed by atoms with E-state index in [-0.39, 0.29) is 0 Å². The molecule has 7 aromatic carbocycles. The smallest absolute Gasteiger partial charge is 0.147 e. The normalized spacial score (nSPS) is 11.7. The summed E-state index contributed by atoms with van der Waals surface area (Å²) in [5.41, 5.74) is 8.99. The Morgan fingerprint density at radius 3 is 1.58 bits per heavy atom. The second-order valence-corrected chi connectivity index (χ2v) is 10.9. The Labute approximate surface area is 247 Å². The molecule has 202 valence electrons. The minimum absolute atomic E-state index is 0.825. The van der Waals surface area contributed by atoms with Gasteiger partial charge in [-0.05, 0) is 65.0 Å². The molecule has 3 heteroatoms. The van der Waals surface area contributed by atoms with E-state index in [1.807, 2.05) is 24.3 Å². The molecule has 0 unspecified atom stereocenters. The summed E-state index contributed by atoms with van der Waals surface area (Å²) in [6, 6.07) is 53.0. The van der Waals surface area contributed by atoms with Crippen molar-refractivity contribution in [2.45, 2.75) is 0 Å². The van der Waals surface area contributed by atoms with Crippen molar-refractivity contribution in [2.24, 2.45) is 0 Å². The summed E-state index contributed by atoms with van der Waals surface area (Å²) in [7, 11) is 0. The maximum absolute atomic E-state index is 6.62. The van der Waals surface area contributed by atoms with Crippen molar-refractivity contribution in [3.8, 4) is 11.1 Å². The third-order valence-corrected chi connectivity index (χ3v) is 8.45. The summed E-state index contributed by atoms with van der Waals surface area (Å²) in [6.45, 7) is 0. The fourth-order valence-electron chi connectivity index (χ4n) is 6.60. The van der Waals surface area contributed by atoms with Gasteiger partial charge in [-0.15, -0.1) is 0 Å². The molecule has 0 bridgehead atoms. The minimum atomic E-state index is 0.825. The standard InChI is InChI=1S/C40H25NO2/c1-3-13-26(14-4-1)41(27-15-5-2-6-16-27)34-24-23-29(28-17-7-8-18-30(28)34)33-25-37-39(32-20-10-11-21-35(32)42-37)40-38(33)31-19-9-12-22-36(31)43-40/h1-25H. The Morgan fingerprint density at radius 2 is 0.907 bits per heavy atom. The number of furan rings is 2. The molecule has 3 nitrogen and oxygen atoms in total. The SMILES string of the molecule is c1ccc(N(c2ccccc2)c2ccc(-c3cc4oc5ccccc5c4c4oc5ccccc5c34)c3ccccc23)cc1. The number of fused-ring (bicyclic) bond motifs is 8. The van der Waals surface area contributed by atoms with Gasteiger partial charge in [0.05, 0.1) is 11.1 Å². The lowest BCUT2D eigenvalue weighted by Crippen LogP contribution is -2.10. The molecule has 0 radical (unpaired) electrons.